The summed E-state index contributed by atoms with van der Waals surface area (Å²) in [5, 5.41) is 4.11. The van der Waals surface area contributed by atoms with E-state index < -0.39 is 0 Å². The molecule has 1 atom stereocenters. The lowest BCUT2D eigenvalue weighted by molar-refractivity contribution is -0.122. The second-order valence-electron chi connectivity index (χ2n) is 9.26. The Labute approximate surface area is 225 Å². The highest BCUT2D eigenvalue weighted by Gasteiger charge is 2.20. The number of nitrogens with zero attached hydrogens (tertiary/aromatic N) is 4. The number of hydrogen-bond donors (Lipinski definition) is 2. The molecule has 4 aromatic heterocycles. The van der Waals surface area contributed by atoms with Crippen LogP contribution in [-0.2, 0) is 11.3 Å². The van der Waals surface area contributed by atoms with E-state index in [4.69, 9.17) is 9.15 Å². The molecule has 5 rings (SSSR count). The van der Waals surface area contributed by atoms with E-state index in [1.807, 2.05) is 59.4 Å². The van der Waals surface area contributed by atoms with Crippen LogP contribution in [0.2, 0.25) is 0 Å². The molecular weight excluding hydrogens is 496 g/mol. The summed E-state index contributed by atoms with van der Waals surface area (Å²) in [7, 11) is 1.59. The standard InChI is InChI=1S/C29H30N6O4/c1-38-28-21(17-20-9-5-6-10-22(20)34-28)24-18-31-27(33-24)23(32-26(37)19-35-14-7-8-15-35)11-3-2-4-12-25(36)29-30-13-16-39-29/h5-10,13-18,23H,2-4,11-12,19H2,1H3,(H,31,33)(H,32,37). The van der Waals surface area contributed by atoms with Gasteiger partial charge in [0.1, 0.15) is 18.6 Å². The van der Waals surface area contributed by atoms with Crippen molar-refractivity contribution in [3.05, 3.63) is 85.2 Å². The summed E-state index contributed by atoms with van der Waals surface area (Å²) in [6, 6.07) is 13.3. The van der Waals surface area contributed by atoms with Gasteiger partial charge in [0.2, 0.25) is 17.6 Å². The molecule has 0 aliphatic rings. The molecule has 0 radical (unpaired) electrons. The summed E-state index contributed by atoms with van der Waals surface area (Å²) in [4.78, 5) is 41.6. The number of carbonyl (C=O) groups excluding carboxylic acids is 2. The molecule has 2 N–H and O–H groups in total. The molecule has 1 amide bonds. The fourth-order valence-electron chi connectivity index (χ4n) is 4.53. The Balaban J connectivity index is 1.29. The van der Waals surface area contributed by atoms with Crippen molar-refractivity contribution >= 4 is 22.6 Å². The van der Waals surface area contributed by atoms with Crippen LogP contribution in [0.4, 0.5) is 0 Å². The van der Waals surface area contributed by atoms with Crippen LogP contribution in [0.5, 0.6) is 5.88 Å². The van der Waals surface area contributed by atoms with Crippen LogP contribution in [0.1, 0.15) is 54.7 Å². The number of Topliss-reactive ketones (excluding diaryl/α,β-unsaturated/α-hetero) is 1. The van der Waals surface area contributed by atoms with Gasteiger partial charge in [-0.25, -0.2) is 15.0 Å². The number of amides is 1. The van der Waals surface area contributed by atoms with Crippen molar-refractivity contribution in [2.75, 3.05) is 7.11 Å². The maximum absolute atomic E-state index is 12.9. The van der Waals surface area contributed by atoms with Crippen molar-refractivity contribution in [3.63, 3.8) is 0 Å². The molecule has 200 valence electrons. The highest BCUT2D eigenvalue weighted by atomic mass is 16.5. The molecule has 10 nitrogen and oxygen atoms in total. The van der Waals surface area contributed by atoms with Gasteiger partial charge in [-0.2, -0.15) is 0 Å². The normalized spacial score (nSPS) is 11.9. The summed E-state index contributed by atoms with van der Waals surface area (Å²) in [5.41, 5.74) is 2.38. The molecule has 0 saturated heterocycles. The first-order chi connectivity index (χ1) is 19.1. The number of fused-ring (bicyclic) bond motifs is 1. The van der Waals surface area contributed by atoms with E-state index in [2.05, 4.69) is 25.3 Å². The molecule has 5 aromatic rings. The van der Waals surface area contributed by atoms with Crippen LogP contribution in [0, 0.1) is 0 Å². The molecule has 10 heteroatoms. The number of carbonyl (C=O) groups is 2. The molecule has 0 fully saturated rings. The van der Waals surface area contributed by atoms with Gasteiger partial charge in [-0.1, -0.05) is 31.0 Å². The van der Waals surface area contributed by atoms with Crippen molar-refractivity contribution in [1.29, 1.82) is 0 Å². The average molecular weight is 527 g/mol. The van der Waals surface area contributed by atoms with E-state index in [-0.39, 0.29) is 30.2 Å². The average Bonchev–Trinajstić information content (AvgIpc) is 3.74. The number of aromatic nitrogens is 5. The van der Waals surface area contributed by atoms with Gasteiger partial charge in [-0.15, -0.1) is 0 Å². The summed E-state index contributed by atoms with van der Waals surface area (Å²) in [6.07, 6.45) is 11.6. The monoisotopic (exact) mass is 526 g/mol. The van der Waals surface area contributed by atoms with Gasteiger partial charge >= 0.3 is 0 Å². The fourth-order valence-corrected chi connectivity index (χ4v) is 4.53. The first-order valence-corrected chi connectivity index (χ1v) is 12.9. The van der Waals surface area contributed by atoms with Crippen molar-refractivity contribution in [1.82, 2.24) is 29.8 Å². The number of rotatable bonds is 13. The summed E-state index contributed by atoms with van der Waals surface area (Å²) in [6.45, 7) is 0.212. The molecular formula is C29H30N6O4. The Bertz CT molecular complexity index is 1520. The predicted octanol–water partition coefficient (Wildman–Crippen LogP) is 5.11. The number of benzene rings is 1. The number of para-hydroxylation sites is 1. The minimum atomic E-state index is -0.330. The fraction of sp³-hybridized carbons (Fsp3) is 0.276. The maximum Gasteiger partial charge on any atom is 0.263 e. The van der Waals surface area contributed by atoms with E-state index in [9.17, 15) is 9.59 Å². The van der Waals surface area contributed by atoms with Crippen LogP contribution in [0.3, 0.4) is 0 Å². The third kappa shape index (κ3) is 6.40. The van der Waals surface area contributed by atoms with E-state index in [1.54, 1.807) is 13.3 Å². The molecule has 0 bridgehead atoms. The number of nitrogens with one attached hydrogen (secondary N) is 2. The molecule has 0 aliphatic heterocycles. The number of imidazole rings is 1. The largest absolute Gasteiger partial charge is 0.480 e. The second kappa shape index (κ2) is 12.2. The summed E-state index contributed by atoms with van der Waals surface area (Å²) < 4.78 is 12.5. The molecule has 1 unspecified atom stereocenters. The highest BCUT2D eigenvalue weighted by molar-refractivity contribution is 5.91. The van der Waals surface area contributed by atoms with Crippen LogP contribution < -0.4 is 10.1 Å². The zero-order valence-corrected chi connectivity index (χ0v) is 21.7. The Kier molecular flexibility index (Phi) is 8.11. The lowest BCUT2D eigenvalue weighted by atomic mass is 10.1. The van der Waals surface area contributed by atoms with Crippen molar-refractivity contribution in [2.24, 2.45) is 0 Å². The molecule has 1 aromatic carbocycles. The highest BCUT2D eigenvalue weighted by Crippen LogP contribution is 2.31. The minimum Gasteiger partial charge on any atom is -0.480 e. The van der Waals surface area contributed by atoms with E-state index in [0.717, 1.165) is 35.0 Å². The van der Waals surface area contributed by atoms with E-state index in [0.29, 0.717) is 31.0 Å². The van der Waals surface area contributed by atoms with Crippen molar-refractivity contribution in [2.45, 2.75) is 44.7 Å². The lowest BCUT2D eigenvalue weighted by Crippen LogP contribution is -2.32. The molecule has 0 spiro atoms. The van der Waals surface area contributed by atoms with Gasteiger partial charge in [0, 0.05) is 24.2 Å². The van der Waals surface area contributed by atoms with Crippen LogP contribution in [0.25, 0.3) is 22.2 Å². The smallest absolute Gasteiger partial charge is 0.263 e. The number of aromatic amines is 1. The van der Waals surface area contributed by atoms with Crippen molar-refractivity contribution in [3.8, 4) is 17.1 Å². The lowest BCUT2D eigenvalue weighted by Gasteiger charge is -2.17. The summed E-state index contributed by atoms with van der Waals surface area (Å²) >= 11 is 0. The Morgan fingerprint density at radius 3 is 2.74 bits per heavy atom. The van der Waals surface area contributed by atoms with E-state index in [1.165, 1.54) is 12.5 Å². The first kappa shape index (κ1) is 25.9. The van der Waals surface area contributed by atoms with Crippen LogP contribution in [-0.4, -0.2) is 43.3 Å². The van der Waals surface area contributed by atoms with Gasteiger partial charge in [0.25, 0.3) is 5.89 Å². The second-order valence-corrected chi connectivity index (χ2v) is 9.26. The van der Waals surface area contributed by atoms with Crippen LogP contribution in [0.15, 0.2) is 77.9 Å². The molecule has 0 aliphatic carbocycles. The maximum atomic E-state index is 12.9. The Morgan fingerprint density at radius 1 is 1.10 bits per heavy atom. The number of ether oxygens (including phenoxy) is 1. The molecule has 39 heavy (non-hydrogen) atoms. The number of ketones is 1. The quantitative estimate of drug-likeness (QED) is 0.161. The number of H-pyrrole nitrogens is 1. The third-order valence-corrected chi connectivity index (χ3v) is 6.49. The Hall–Kier alpha value is -4.73. The number of unbranched alkanes of at least 4 members (excludes halogenated alkanes) is 2. The van der Waals surface area contributed by atoms with Crippen molar-refractivity contribution < 1.29 is 18.7 Å². The number of methoxy groups -OCH3 is 1. The SMILES string of the molecule is COc1nc2ccccc2cc1-c1cnc(C(CCCCCC(=O)c2ncco2)NC(=O)Cn2cccc2)[nH]1. The predicted molar refractivity (Wildman–Crippen MR) is 145 cm³/mol. The minimum absolute atomic E-state index is 0.106. The first-order valence-electron chi connectivity index (χ1n) is 12.9. The third-order valence-electron chi connectivity index (χ3n) is 6.49. The van der Waals surface area contributed by atoms with Gasteiger partial charge in [0.05, 0.1) is 42.3 Å². The van der Waals surface area contributed by atoms with Crippen LogP contribution >= 0.6 is 0 Å². The summed E-state index contributed by atoms with van der Waals surface area (Å²) in [5.74, 6) is 1.07. The molecule has 4 heterocycles. The number of pyridine rings is 1. The van der Waals surface area contributed by atoms with E-state index >= 15 is 0 Å². The zero-order chi connectivity index (χ0) is 27.0. The number of oxazole rings is 1. The Morgan fingerprint density at radius 2 is 1.95 bits per heavy atom. The zero-order valence-electron chi connectivity index (χ0n) is 21.7. The van der Waals surface area contributed by atoms with Gasteiger partial charge in [0.15, 0.2) is 0 Å². The van der Waals surface area contributed by atoms with Gasteiger partial charge in [-0.05, 0) is 37.1 Å². The molecule has 0 saturated carbocycles. The topological polar surface area (TPSA) is 128 Å². The van der Waals surface area contributed by atoms with Gasteiger partial charge in [-0.3, -0.25) is 9.59 Å². The van der Waals surface area contributed by atoms with Gasteiger partial charge < -0.3 is 24.0 Å². The number of hydrogen-bond acceptors (Lipinski definition) is 7.